The quantitative estimate of drug-likeness (QED) is 0.761. The molecule has 0 aliphatic carbocycles. The third-order valence-corrected chi connectivity index (χ3v) is 2.76. The van der Waals surface area contributed by atoms with Gasteiger partial charge in [0.1, 0.15) is 0 Å². The highest BCUT2D eigenvalue weighted by molar-refractivity contribution is 5.94. The summed E-state index contributed by atoms with van der Waals surface area (Å²) in [6, 6.07) is 1.05. The first kappa shape index (κ1) is 15.2. The van der Waals surface area contributed by atoms with Gasteiger partial charge in [-0.15, -0.1) is 0 Å². The third kappa shape index (κ3) is 4.36. The summed E-state index contributed by atoms with van der Waals surface area (Å²) in [4.78, 5) is 24.6. The molecule has 0 aromatic carbocycles. The zero-order valence-corrected chi connectivity index (χ0v) is 11.3. The zero-order chi connectivity index (χ0) is 14.4. The van der Waals surface area contributed by atoms with Gasteiger partial charge in [-0.25, -0.2) is 4.79 Å². The molecular weight excluding hydrogens is 250 g/mol. The van der Waals surface area contributed by atoms with Crippen molar-refractivity contribution in [1.82, 2.24) is 15.4 Å². The standard InChI is InChI=1S/C12H19N3O4/c1-4-15(5-2)7-8(3)13-11(16)9-6-10(12(17)18)19-14-9/h6,8H,4-5,7H2,1-3H3,(H,13,16)(H,17,18). The van der Waals surface area contributed by atoms with Crippen LogP contribution in [0.3, 0.4) is 0 Å². The Morgan fingerprint density at radius 3 is 2.58 bits per heavy atom. The van der Waals surface area contributed by atoms with Crippen LogP contribution in [0.15, 0.2) is 10.6 Å². The molecule has 0 bridgehead atoms. The van der Waals surface area contributed by atoms with Crippen molar-refractivity contribution in [3.63, 3.8) is 0 Å². The molecule has 7 heteroatoms. The van der Waals surface area contributed by atoms with Gasteiger partial charge in [-0.05, 0) is 20.0 Å². The molecule has 0 aliphatic heterocycles. The smallest absolute Gasteiger partial charge is 0.374 e. The van der Waals surface area contributed by atoms with Gasteiger partial charge in [-0.2, -0.15) is 0 Å². The molecule has 0 spiro atoms. The Hall–Kier alpha value is -1.89. The number of carbonyl (C=O) groups excluding carboxylic acids is 1. The van der Waals surface area contributed by atoms with Crippen LogP contribution in [-0.4, -0.2) is 52.7 Å². The summed E-state index contributed by atoms with van der Waals surface area (Å²) in [6.45, 7) is 8.52. The maximum Gasteiger partial charge on any atom is 0.374 e. The average molecular weight is 269 g/mol. The summed E-state index contributed by atoms with van der Waals surface area (Å²) in [5.41, 5.74) is -0.0243. The maximum absolute atomic E-state index is 11.8. The van der Waals surface area contributed by atoms with Crippen LogP contribution in [0.2, 0.25) is 0 Å². The van der Waals surface area contributed by atoms with E-state index in [0.29, 0.717) is 0 Å². The number of aromatic carboxylic acids is 1. The number of aromatic nitrogens is 1. The summed E-state index contributed by atoms with van der Waals surface area (Å²) in [5, 5.41) is 14.9. The van der Waals surface area contributed by atoms with Crippen molar-refractivity contribution in [2.24, 2.45) is 0 Å². The van der Waals surface area contributed by atoms with Crippen LogP contribution in [0.1, 0.15) is 41.8 Å². The number of amides is 1. The van der Waals surface area contributed by atoms with Crippen molar-refractivity contribution in [1.29, 1.82) is 0 Å². The van der Waals surface area contributed by atoms with Crippen molar-refractivity contribution >= 4 is 11.9 Å². The molecule has 1 amide bonds. The van der Waals surface area contributed by atoms with Crippen molar-refractivity contribution in [3.8, 4) is 0 Å². The molecule has 0 saturated heterocycles. The summed E-state index contributed by atoms with van der Waals surface area (Å²) in [7, 11) is 0. The number of carboxylic acids is 1. The van der Waals surface area contributed by atoms with Crippen LogP contribution in [0.5, 0.6) is 0 Å². The molecule has 0 saturated carbocycles. The van der Waals surface area contributed by atoms with E-state index >= 15 is 0 Å². The van der Waals surface area contributed by atoms with Gasteiger partial charge in [0.15, 0.2) is 5.69 Å². The van der Waals surface area contributed by atoms with E-state index in [-0.39, 0.29) is 17.5 Å². The van der Waals surface area contributed by atoms with E-state index in [1.807, 2.05) is 6.92 Å². The fourth-order valence-electron chi connectivity index (χ4n) is 1.70. The highest BCUT2D eigenvalue weighted by atomic mass is 16.5. The summed E-state index contributed by atoms with van der Waals surface area (Å²) in [5.74, 6) is -2.03. The third-order valence-electron chi connectivity index (χ3n) is 2.76. The second-order valence-corrected chi connectivity index (χ2v) is 4.24. The van der Waals surface area contributed by atoms with Gasteiger partial charge in [0.05, 0.1) is 0 Å². The first-order valence-electron chi connectivity index (χ1n) is 6.21. The Labute approximate surface area is 111 Å². The van der Waals surface area contributed by atoms with Crippen LogP contribution < -0.4 is 5.32 Å². The normalized spacial score (nSPS) is 12.4. The Bertz CT molecular complexity index is 440. The number of hydrogen-bond donors (Lipinski definition) is 2. The molecular formula is C12H19N3O4. The zero-order valence-electron chi connectivity index (χ0n) is 11.3. The molecule has 1 aromatic rings. The SMILES string of the molecule is CCN(CC)CC(C)NC(=O)c1cc(C(=O)O)on1. The lowest BCUT2D eigenvalue weighted by atomic mass is 10.2. The Balaban J connectivity index is 2.56. The van der Waals surface area contributed by atoms with Crippen molar-refractivity contribution in [3.05, 3.63) is 17.5 Å². The van der Waals surface area contributed by atoms with Gasteiger partial charge in [-0.1, -0.05) is 19.0 Å². The van der Waals surface area contributed by atoms with E-state index in [9.17, 15) is 9.59 Å². The molecule has 1 aromatic heterocycles. The monoisotopic (exact) mass is 269 g/mol. The molecule has 19 heavy (non-hydrogen) atoms. The van der Waals surface area contributed by atoms with Gasteiger partial charge in [0.25, 0.3) is 5.91 Å². The van der Waals surface area contributed by atoms with Gasteiger partial charge in [0.2, 0.25) is 5.76 Å². The number of carbonyl (C=O) groups is 2. The fourth-order valence-corrected chi connectivity index (χ4v) is 1.70. The van der Waals surface area contributed by atoms with Gasteiger partial charge in [-0.3, -0.25) is 4.79 Å². The molecule has 0 fully saturated rings. The largest absolute Gasteiger partial charge is 0.475 e. The number of likely N-dealkylation sites (N-methyl/N-ethyl adjacent to an activating group) is 1. The van der Waals surface area contributed by atoms with Crippen LogP contribution in [-0.2, 0) is 0 Å². The Morgan fingerprint density at radius 1 is 1.47 bits per heavy atom. The van der Waals surface area contributed by atoms with Crippen LogP contribution in [0.4, 0.5) is 0 Å². The van der Waals surface area contributed by atoms with Crippen molar-refractivity contribution < 1.29 is 19.2 Å². The van der Waals surface area contributed by atoms with E-state index in [0.717, 1.165) is 25.7 Å². The van der Waals surface area contributed by atoms with Crippen molar-refractivity contribution in [2.75, 3.05) is 19.6 Å². The molecule has 1 rings (SSSR count). The van der Waals surface area contributed by atoms with E-state index in [1.165, 1.54) is 0 Å². The molecule has 0 radical (unpaired) electrons. The lowest BCUT2D eigenvalue weighted by molar-refractivity contribution is 0.0651. The molecule has 1 atom stereocenters. The second-order valence-electron chi connectivity index (χ2n) is 4.24. The molecule has 1 heterocycles. The van der Waals surface area contributed by atoms with Crippen LogP contribution in [0.25, 0.3) is 0 Å². The van der Waals surface area contributed by atoms with E-state index in [4.69, 9.17) is 5.11 Å². The maximum atomic E-state index is 11.8. The van der Waals surface area contributed by atoms with Gasteiger partial charge >= 0.3 is 5.97 Å². The molecule has 0 aliphatic rings. The lowest BCUT2D eigenvalue weighted by Gasteiger charge is -2.22. The molecule has 7 nitrogen and oxygen atoms in total. The Morgan fingerprint density at radius 2 is 2.11 bits per heavy atom. The highest BCUT2D eigenvalue weighted by Crippen LogP contribution is 2.04. The number of rotatable bonds is 7. The fraction of sp³-hybridized carbons (Fsp3) is 0.583. The number of nitrogens with one attached hydrogen (secondary N) is 1. The number of nitrogens with zero attached hydrogens (tertiary/aromatic N) is 2. The van der Waals surface area contributed by atoms with Crippen LogP contribution >= 0.6 is 0 Å². The highest BCUT2D eigenvalue weighted by Gasteiger charge is 2.18. The Kier molecular flexibility index (Phi) is 5.50. The summed E-state index contributed by atoms with van der Waals surface area (Å²) >= 11 is 0. The predicted octanol–water partition coefficient (Wildman–Crippen LogP) is 0.833. The first-order chi connectivity index (χ1) is 8.97. The molecule has 1 unspecified atom stereocenters. The predicted molar refractivity (Wildman–Crippen MR) is 68.2 cm³/mol. The lowest BCUT2D eigenvalue weighted by Crippen LogP contribution is -2.42. The van der Waals surface area contributed by atoms with E-state index in [2.05, 4.69) is 33.7 Å². The summed E-state index contributed by atoms with van der Waals surface area (Å²) in [6.07, 6.45) is 0. The summed E-state index contributed by atoms with van der Waals surface area (Å²) < 4.78 is 4.53. The van der Waals surface area contributed by atoms with Crippen LogP contribution in [0, 0.1) is 0 Å². The second kappa shape index (κ2) is 6.89. The van der Waals surface area contributed by atoms with E-state index < -0.39 is 11.9 Å². The van der Waals surface area contributed by atoms with Gasteiger partial charge < -0.3 is 19.8 Å². The van der Waals surface area contributed by atoms with Crippen molar-refractivity contribution in [2.45, 2.75) is 26.8 Å². The minimum absolute atomic E-state index is 0.0243. The number of carboxylic acid groups (broad SMARTS) is 1. The minimum atomic E-state index is -1.25. The molecule has 106 valence electrons. The topological polar surface area (TPSA) is 95.7 Å². The first-order valence-corrected chi connectivity index (χ1v) is 6.21. The minimum Gasteiger partial charge on any atom is -0.475 e. The average Bonchev–Trinajstić information content (AvgIpc) is 2.85. The van der Waals surface area contributed by atoms with Gasteiger partial charge in [0, 0.05) is 18.7 Å². The van der Waals surface area contributed by atoms with E-state index in [1.54, 1.807) is 0 Å². The molecule has 2 N–H and O–H groups in total. The number of hydrogen-bond acceptors (Lipinski definition) is 5.